The fourth-order valence-electron chi connectivity index (χ4n) is 7.69. The highest BCUT2D eigenvalue weighted by Gasteiger charge is 2.43. The van der Waals surface area contributed by atoms with Gasteiger partial charge in [0.25, 0.3) is 0 Å². The van der Waals surface area contributed by atoms with Gasteiger partial charge >= 0.3 is 0 Å². The molecule has 2 aromatic heterocycles. The lowest BCUT2D eigenvalue weighted by atomic mass is 9.88. The zero-order chi connectivity index (χ0) is 41.7. The van der Waals surface area contributed by atoms with E-state index in [1.54, 1.807) is 6.92 Å². The maximum absolute atomic E-state index is 17.2. The smallest absolute Gasteiger partial charge is 0.227 e. The third-order valence-corrected chi connectivity index (χ3v) is 11.1. The van der Waals surface area contributed by atoms with Gasteiger partial charge in [0.1, 0.15) is 28.2 Å². The third-order valence-electron chi connectivity index (χ3n) is 10.1. The van der Waals surface area contributed by atoms with Crippen LogP contribution in [0.2, 0.25) is 0 Å². The second-order valence-electron chi connectivity index (χ2n) is 14.2. The van der Waals surface area contributed by atoms with Gasteiger partial charge in [0, 0.05) is 55.9 Å². The van der Waals surface area contributed by atoms with Crippen molar-refractivity contribution in [3.8, 4) is 6.07 Å². The van der Waals surface area contributed by atoms with E-state index in [1.807, 2.05) is 34.6 Å². The number of anilines is 3. The van der Waals surface area contributed by atoms with Crippen molar-refractivity contribution < 1.29 is 18.6 Å². The lowest BCUT2D eigenvalue weighted by Crippen LogP contribution is -2.55. The maximum Gasteiger partial charge on any atom is 0.227 e. The van der Waals surface area contributed by atoms with Gasteiger partial charge in [-0.25, -0.2) is 13.8 Å². The van der Waals surface area contributed by atoms with Crippen LogP contribution < -0.4 is 15.5 Å². The molecule has 1 aromatic carbocycles. The summed E-state index contributed by atoms with van der Waals surface area (Å²) in [7, 11) is 0. The molecular weight excluding hydrogens is 729 g/mol. The van der Waals surface area contributed by atoms with Crippen LogP contribution in [0.25, 0.3) is 22.3 Å². The summed E-state index contributed by atoms with van der Waals surface area (Å²) in [6.45, 7) is 28.4. The second kappa shape index (κ2) is 22.3. The van der Waals surface area contributed by atoms with Gasteiger partial charge in [-0.2, -0.15) is 10.2 Å². The quantitative estimate of drug-likeness (QED) is 0.230. The Morgan fingerprint density at radius 3 is 2.12 bits per heavy atom. The highest BCUT2D eigenvalue weighted by Crippen LogP contribution is 2.48. The lowest BCUT2D eigenvalue weighted by molar-refractivity contribution is 0.111. The number of nitriles is 1. The molecule has 2 bridgehead atoms. The summed E-state index contributed by atoms with van der Waals surface area (Å²) in [5.41, 5.74) is 8.39. The van der Waals surface area contributed by atoms with Gasteiger partial charge in [0.05, 0.1) is 35.1 Å². The van der Waals surface area contributed by atoms with E-state index in [0.29, 0.717) is 23.4 Å². The summed E-state index contributed by atoms with van der Waals surface area (Å²) in [5, 5.41) is 20.9. The van der Waals surface area contributed by atoms with E-state index in [9.17, 15) is 10.4 Å². The lowest BCUT2D eigenvalue weighted by Gasteiger charge is -2.42. The Bertz CT molecular complexity index is 1810. The van der Waals surface area contributed by atoms with Crippen LogP contribution in [0, 0.1) is 17.1 Å². The first-order valence-electron chi connectivity index (χ1n) is 20.9. The third kappa shape index (κ3) is 9.90. The van der Waals surface area contributed by atoms with Gasteiger partial charge in [-0.1, -0.05) is 87.3 Å². The van der Waals surface area contributed by atoms with E-state index in [4.69, 9.17) is 20.4 Å². The number of benzene rings is 1. The molecule has 56 heavy (non-hydrogen) atoms. The van der Waals surface area contributed by atoms with Crippen LogP contribution in [-0.2, 0) is 18.0 Å². The Balaban J connectivity index is 0.000000691. The number of fused-ring (bicyclic) bond motifs is 5. The Kier molecular flexibility index (Phi) is 18.7. The molecular formula is C44H67F2N7O2S. The standard InChI is InChI=1S/C33H37F2N7O2S.C4H10.C3H8.2C2H6/c1-4-24(34)30-26(21(11-36)31(37)45-30)18(3)25-22-15-44-16-23(22)27-29(28(25)35)38-33(41-9-5-6-10-41)39-32(27)42-19-7-8-20(42)14-40(13-19)12-17(2)43;1-3-4-2;1-3-2;2*1-2/h4,17,19-20,43H,3,5-10,12-16,37H2,1-2H3;3-4H2,1-2H3;3H2,1-2H3;2*1-2H3/b24-4+;;;;. The molecule has 4 aliphatic rings. The van der Waals surface area contributed by atoms with Gasteiger partial charge < -0.3 is 25.4 Å². The van der Waals surface area contributed by atoms with Crippen LogP contribution in [0.5, 0.6) is 0 Å². The number of nitrogens with zero attached hydrogens (tertiary/aromatic N) is 6. The van der Waals surface area contributed by atoms with Crippen molar-refractivity contribution in [1.82, 2.24) is 14.9 Å². The fraction of sp³-hybridized carbons (Fsp3) is 0.614. The maximum atomic E-state index is 17.2. The number of allylic oxidation sites excluding steroid dienone is 1. The average molecular weight is 796 g/mol. The number of hydrogen-bond donors (Lipinski definition) is 2. The molecule has 6 heterocycles. The molecule has 0 spiro atoms. The number of piperazine rings is 1. The highest BCUT2D eigenvalue weighted by atomic mass is 32.1. The summed E-state index contributed by atoms with van der Waals surface area (Å²) in [4.78, 5) is 17.0. The molecule has 12 heteroatoms. The first-order valence-corrected chi connectivity index (χ1v) is 21.8. The topological polar surface area (TPSA) is 115 Å². The van der Waals surface area contributed by atoms with Gasteiger partial charge in [-0.3, -0.25) is 4.90 Å². The molecule has 0 amide bonds. The van der Waals surface area contributed by atoms with Crippen molar-refractivity contribution in [2.24, 2.45) is 0 Å². The van der Waals surface area contributed by atoms with Crippen molar-refractivity contribution in [2.75, 3.05) is 48.3 Å². The first kappa shape index (κ1) is 46.8. The minimum atomic E-state index is -0.580. The van der Waals surface area contributed by atoms with E-state index in [1.165, 1.54) is 25.3 Å². The number of halogens is 2. The number of ether oxygens (including phenoxy) is 1. The number of unbranched alkanes of at least 4 members (excludes halogenated alkanes) is 1. The molecule has 3 aromatic rings. The monoisotopic (exact) mass is 796 g/mol. The largest absolute Gasteiger partial charge is 0.392 e. The van der Waals surface area contributed by atoms with Crippen molar-refractivity contribution in [3.63, 3.8) is 0 Å². The molecule has 3 unspecified atom stereocenters. The Labute approximate surface area is 339 Å². The molecule has 4 aliphatic heterocycles. The molecule has 3 N–H and O–H groups in total. The van der Waals surface area contributed by atoms with Crippen LogP contribution >= 0.6 is 11.3 Å². The molecule has 0 radical (unpaired) electrons. The van der Waals surface area contributed by atoms with Crippen molar-refractivity contribution in [3.05, 3.63) is 51.2 Å². The van der Waals surface area contributed by atoms with E-state index < -0.39 is 17.7 Å². The number of aromatic nitrogens is 2. The van der Waals surface area contributed by atoms with E-state index in [0.717, 1.165) is 74.6 Å². The van der Waals surface area contributed by atoms with Crippen LogP contribution in [0.4, 0.5) is 25.5 Å². The number of β-amino-alcohol motifs (C(OH)–C–C–N with tert-alkyl or cyclic N) is 1. The highest BCUT2D eigenvalue weighted by molar-refractivity contribution is 7.17. The SMILES string of the molecule is C=C(c1c(/C(F)=C\C)sc(N)c1C#N)c1c2c(c3c(N4C5CCC4CN(CC(C)O)C5)nc(N4CCCC4)nc3c1F)COC2.CC.CC.CCC.CCCC. The second-order valence-corrected chi connectivity index (χ2v) is 15.3. The number of rotatable bonds is 8. The number of likely N-dealkylation sites (tertiary alicyclic amines) is 1. The van der Waals surface area contributed by atoms with E-state index in [2.05, 4.69) is 55.0 Å². The number of thiophene rings is 1. The number of nitrogens with two attached hydrogens (primary N) is 1. The van der Waals surface area contributed by atoms with E-state index in [-0.39, 0.29) is 63.0 Å². The number of aliphatic hydroxyl groups is 1. The van der Waals surface area contributed by atoms with Crippen molar-refractivity contribution in [1.29, 1.82) is 5.26 Å². The molecule has 0 saturated carbocycles. The molecule has 7 rings (SSSR count). The molecule has 3 saturated heterocycles. The van der Waals surface area contributed by atoms with Crippen molar-refractivity contribution >= 4 is 50.4 Å². The number of aliphatic hydroxyl groups excluding tert-OH is 1. The van der Waals surface area contributed by atoms with Gasteiger partial charge in [-0.15, -0.1) is 11.3 Å². The summed E-state index contributed by atoms with van der Waals surface area (Å²) in [5.74, 6) is 0.0869. The normalized spacial score (nSPS) is 19.0. The minimum Gasteiger partial charge on any atom is -0.392 e. The predicted molar refractivity (Wildman–Crippen MR) is 232 cm³/mol. The van der Waals surface area contributed by atoms with Crippen molar-refractivity contribution in [2.45, 2.75) is 146 Å². The molecule has 0 aliphatic carbocycles. The van der Waals surface area contributed by atoms with Crippen LogP contribution in [0.15, 0.2) is 12.7 Å². The molecule has 3 atom stereocenters. The zero-order valence-corrected chi connectivity index (χ0v) is 36.5. The fourth-order valence-corrected chi connectivity index (χ4v) is 8.70. The summed E-state index contributed by atoms with van der Waals surface area (Å²) >= 11 is 0.954. The minimum absolute atomic E-state index is 0.0805. The number of hydrogen-bond acceptors (Lipinski definition) is 10. The Morgan fingerprint density at radius 2 is 1.61 bits per heavy atom. The van der Waals surface area contributed by atoms with E-state index >= 15 is 8.78 Å². The summed E-state index contributed by atoms with van der Waals surface area (Å²) in [6, 6.07) is 2.42. The molecule has 3 fully saturated rings. The molecule has 310 valence electrons. The zero-order valence-electron chi connectivity index (χ0n) is 35.7. The number of nitrogen functional groups attached to an aromatic ring is 1. The average Bonchev–Trinajstić information content (AvgIpc) is 4.02. The summed E-state index contributed by atoms with van der Waals surface area (Å²) < 4.78 is 38.3. The Hall–Kier alpha value is -3.63. The predicted octanol–water partition coefficient (Wildman–Crippen LogP) is 10.6. The van der Waals surface area contributed by atoms with Gasteiger partial charge in [-0.05, 0) is 56.2 Å². The van der Waals surface area contributed by atoms with Gasteiger partial charge in [0.2, 0.25) is 5.95 Å². The summed E-state index contributed by atoms with van der Waals surface area (Å²) in [6.07, 6.45) is 8.76. The van der Waals surface area contributed by atoms with Crippen LogP contribution in [-0.4, -0.2) is 70.9 Å². The van der Waals surface area contributed by atoms with Crippen LogP contribution in [0.3, 0.4) is 0 Å². The Morgan fingerprint density at radius 1 is 1.04 bits per heavy atom. The molecule has 9 nitrogen and oxygen atoms in total. The van der Waals surface area contributed by atoms with Gasteiger partial charge in [0.15, 0.2) is 5.82 Å². The van der Waals surface area contributed by atoms with Crippen LogP contribution in [0.1, 0.15) is 147 Å². The first-order chi connectivity index (χ1) is 27.0.